The Kier molecular flexibility index (Phi) is 6.20. The molecule has 0 heterocycles. The lowest BCUT2D eigenvalue weighted by molar-refractivity contribution is 0.341. The highest BCUT2D eigenvalue weighted by molar-refractivity contribution is 4.78. The van der Waals surface area contributed by atoms with E-state index in [1.54, 1.807) is 0 Å². The monoisotopic (exact) mass is 198 g/mol. The third-order valence-electron chi connectivity index (χ3n) is 3.24. The van der Waals surface area contributed by atoms with Crippen LogP contribution in [-0.2, 0) is 0 Å². The lowest BCUT2D eigenvalue weighted by atomic mass is 9.92. The SMILES string of the molecule is CCCCCCNC1CCC(N)CC1. The summed E-state index contributed by atoms with van der Waals surface area (Å²) < 4.78 is 0. The van der Waals surface area contributed by atoms with Crippen molar-refractivity contribution < 1.29 is 0 Å². The lowest BCUT2D eigenvalue weighted by Crippen LogP contribution is -2.37. The zero-order chi connectivity index (χ0) is 10.2. The predicted octanol–water partition coefficient (Wildman–Crippen LogP) is 2.43. The van der Waals surface area contributed by atoms with Crippen LogP contribution in [0.5, 0.6) is 0 Å². The Morgan fingerprint density at radius 2 is 1.79 bits per heavy atom. The number of unbranched alkanes of at least 4 members (excludes halogenated alkanes) is 3. The highest BCUT2D eigenvalue weighted by atomic mass is 14.9. The standard InChI is InChI=1S/C12H26N2/c1-2-3-4-5-10-14-12-8-6-11(13)7-9-12/h11-12,14H,2-10,13H2,1H3. The van der Waals surface area contributed by atoms with E-state index in [9.17, 15) is 0 Å². The summed E-state index contributed by atoms with van der Waals surface area (Å²) in [5.41, 5.74) is 5.86. The summed E-state index contributed by atoms with van der Waals surface area (Å²) >= 11 is 0. The molecule has 0 aromatic heterocycles. The van der Waals surface area contributed by atoms with Gasteiger partial charge in [-0.25, -0.2) is 0 Å². The van der Waals surface area contributed by atoms with E-state index in [0.717, 1.165) is 6.04 Å². The van der Waals surface area contributed by atoms with E-state index in [2.05, 4.69) is 12.2 Å². The summed E-state index contributed by atoms with van der Waals surface area (Å²) in [6, 6.07) is 1.24. The maximum absolute atomic E-state index is 5.86. The molecule has 2 heteroatoms. The largest absolute Gasteiger partial charge is 0.328 e. The highest BCUT2D eigenvalue weighted by Gasteiger charge is 2.17. The van der Waals surface area contributed by atoms with E-state index in [1.165, 1.54) is 57.9 Å². The molecule has 0 aromatic carbocycles. The number of rotatable bonds is 6. The van der Waals surface area contributed by atoms with Crippen molar-refractivity contribution >= 4 is 0 Å². The molecule has 1 rings (SSSR count). The lowest BCUT2D eigenvalue weighted by Gasteiger charge is -2.26. The van der Waals surface area contributed by atoms with Gasteiger partial charge in [-0.15, -0.1) is 0 Å². The third kappa shape index (κ3) is 4.97. The van der Waals surface area contributed by atoms with E-state index in [0.29, 0.717) is 6.04 Å². The van der Waals surface area contributed by atoms with Gasteiger partial charge in [0.25, 0.3) is 0 Å². The van der Waals surface area contributed by atoms with Gasteiger partial charge in [-0.3, -0.25) is 0 Å². The molecule has 0 radical (unpaired) electrons. The quantitative estimate of drug-likeness (QED) is 0.643. The van der Waals surface area contributed by atoms with Crippen LogP contribution in [0.4, 0.5) is 0 Å². The molecule has 1 fully saturated rings. The Morgan fingerprint density at radius 1 is 1.07 bits per heavy atom. The van der Waals surface area contributed by atoms with Crippen LogP contribution in [0.25, 0.3) is 0 Å². The van der Waals surface area contributed by atoms with E-state index >= 15 is 0 Å². The van der Waals surface area contributed by atoms with Gasteiger partial charge in [-0.2, -0.15) is 0 Å². The molecular weight excluding hydrogens is 172 g/mol. The van der Waals surface area contributed by atoms with Crippen molar-refractivity contribution in [2.75, 3.05) is 6.54 Å². The van der Waals surface area contributed by atoms with Gasteiger partial charge in [0, 0.05) is 12.1 Å². The summed E-state index contributed by atoms with van der Waals surface area (Å²) in [6.07, 6.45) is 10.4. The van der Waals surface area contributed by atoms with Gasteiger partial charge >= 0.3 is 0 Å². The van der Waals surface area contributed by atoms with Crippen molar-refractivity contribution in [1.82, 2.24) is 5.32 Å². The van der Waals surface area contributed by atoms with E-state index in [-0.39, 0.29) is 0 Å². The molecule has 0 aromatic rings. The molecular formula is C12H26N2. The first-order valence-corrected chi connectivity index (χ1v) is 6.32. The minimum absolute atomic E-state index is 0.480. The first-order valence-electron chi connectivity index (χ1n) is 6.32. The molecule has 1 aliphatic carbocycles. The van der Waals surface area contributed by atoms with Crippen molar-refractivity contribution in [3.63, 3.8) is 0 Å². The first-order chi connectivity index (χ1) is 6.83. The summed E-state index contributed by atoms with van der Waals surface area (Å²) in [5, 5.41) is 3.65. The Bertz CT molecular complexity index is 128. The highest BCUT2D eigenvalue weighted by Crippen LogP contribution is 2.16. The van der Waals surface area contributed by atoms with Gasteiger partial charge in [-0.1, -0.05) is 26.2 Å². The van der Waals surface area contributed by atoms with Crippen molar-refractivity contribution in [3.05, 3.63) is 0 Å². The topological polar surface area (TPSA) is 38.0 Å². The minimum Gasteiger partial charge on any atom is -0.328 e. The van der Waals surface area contributed by atoms with Crippen molar-refractivity contribution in [1.29, 1.82) is 0 Å². The zero-order valence-electron chi connectivity index (χ0n) is 9.60. The number of nitrogens with two attached hydrogens (primary N) is 1. The molecule has 0 saturated heterocycles. The molecule has 0 unspecified atom stereocenters. The fourth-order valence-electron chi connectivity index (χ4n) is 2.18. The molecule has 14 heavy (non-hydrogen) atoms. The molecule has 0 aliphatic heterocycles. The second kappa shape index (κ2) is 7.24. The predicted molar refractivity (Wildman–Crippen MR) is 62.4 cm³/mol. The fourth-order valence-corrected chi connectivity index (χ4v) is 2.18. The second-order valence-corrected chi connectivity index (χ2v) is 4.63. The molecule has 0 atom stereocenters. The maximum atomic E-state index is 5.86. The van der Waals surface area contributed by atoms with E-state index in [1.807, 2.05) is 0 Å². The Morgan fingerprint density at radius 3 is 2.43 bits per heavy atom. The minimum atomic E-state index is 0.480. The smallest absolute Gasteiger partial charge is 0.00682 e. The Hall–Kier alpha value is -0.0800. The van der Waals surface area contributed by atoms with E-state index < -0.39 is 0 Å². The summed E-state index contributed by atoms with van der Waals surface area (Å²) in [6.45, 7) is 3.47. The van der Waals surface area contributed by atoms with Crippen LogP contribution in [0.1, 0.15) is 58.3 Å². The molecule has 2 nitrogen and oxygen atoms in total. The normalized spacial score (nSPS) is 27.9. The zero-order valence-corrected chi connectivity index (χ0v) is 9.60. The van der Waals surface area contributed by atoms with Crippen LogP contribution in [0, 0.1) is 0 Å². The molecule has 0 spiro atoms. The number of nitrogens with one attached hydrogen (secondary N) is 1. The van der Waals surface area contributed by atoms with E-state index in [4.69, 9.17) is 5.73 Å². The average Bonchev–Trinajstić information content (AvgIpc) is 2.21. The number of hydrogen-bond acceptors (Lipinski definition) is 2. The summed E-state index contributed by atoms with van der Waals surface area (Å²) in [7, 11) is 0. The maximum Gasteiger partial charge on any atom is 0.00682 e. The van der Waals surface area contributed by atoms with Crippen molar-refractivity contribution in [2.24, 2.45) is 5.73 Å². The molecule has 1 saturated carbocycles. The van der Waals surface area contributed by atoms with Crippen LogP contribution in [0.3, 0.4) is 0 Å². The number of hydrogen-bond donors (Lipinski definition) is 2. The van der Waals surface area contributed by atoms with Gasteiger partial charge in [0.05, 0.1) is 0 Å². The first kappa shape index (κ1) is 12.0. The van der Waals surface area contributed by atoms with Crippen LogP contribution in [0.15, 0.2) is 0 Å². The summed E-state index contributed by atoms with van der Waals surface area (Å²) in [4.78, 5) is 0. The molecule has 0 amide bonds. The van der Waals surface area contributed by atoms with Gasteiger partial charge in [0.2, 0.25) is 0 Å². The van der Waals surface area contributed by atoms with Crippen LogP contribution >= 0.6 is 0 Å². The van der Waals surface area contributed by atoms with Gasteiger partial charge in [0.15, 0.2) is 0 Å². The van der Waals surface area contributed by atoms with Crippen LogP contribution < -0.4 is 11.1 Å². The fraction of sp³-hybridized carbons (Fsp3) is 1.00. The Balaban J connectivity index is 1.91. The van der Waals surface area contributed by atoms with Gasteiger partial charge in [0.1, 0.15) is 0 Å². The summed E-state index contributed by atoms with van der Waals surface area (Å²) in [5.74, 6) is 0. The van der Waals surface area contributed by atoms with Crippen LogP contribution in [0.2, 0.25) is 0 Å². The molecule has 0 bridgehead atoms. The third-order valence-corrected chi connectivity index (χ3v) is 3.24. The molecule has 1 aliphatic rings. The average molecular weight is 198 g/mol. The van der Waals surface area contributed by atoms with Gasteiger partial charge in [-0.05, 0) is 38.6 Å². The molecule has 84 valence electrons. The van der Waals surface area contributed by atoms with Crippen molar-refractivity contribution in [3.8, 4) is 0 Å². The second-order valence-electron chi connectivity index (χ2n) is 4.63. The van der Waals surface area contributed by atoms with Crippen LogP contribution in [-0.4, -0.2) is 18.6 Å². The Labute approximate surface area is 88.6 Å². The van der Waals surface area contributed by atoms with Crippen molar-refractivity contribution in [2.45, 2.75) is 70.4 Å². The molecule has 3 N–H and O–H groups in total. The van der Waals surface area contributed by atoms with Gasteiger partial charge < -0.3 is 11.1 Å².